The first-order valence-corrected chi connectivity index (χ1v) is 7.72. The molecule has 0 aliphatic carbocycles. The molecule has 0 radical (unpaired) electrons. The Morgan fingerprint density at radius 1 is 0.944 bits per heavy atom. The molecule has 18 heavy (non-hydrogen) atoms. The lowest BCUT2D eigenvalue weighted by atomic mass is 9.96. The molecule has 0 atom stereocenters. The third kappa shape index (κ3) is 4.60. The van der Waals surface area contributed by atoms with Gasteiger partial charge in [-0.1, -0.05) is 25.7 Å². The van der Waals surface area contributed by atoms with Crippen LogP contribution in [0.15, 0.2) is 0 Å². The van der Waals surface area contributed by atoms with Crippen molar-refractivity contribution in [3.05, 3.63) is 0 Å². The van der Waals surface area contributed by atoms with Gasteiger partial charge in [0.05, 0.1) is 0 Å². The third-order valence-electron chi connectivity index (χ3n) is 4.26. The Kier molecular flexibility index (Phi) is 5.98. The zero-order chi connectivity index (χ0) is 12.6. The molecular formula is C15H27NO2. The van der Waals surface area contributed by atoms with Crippen molar-refractivity contribution in [2.75, 3.05) is 26.3 Å². The molecule has 1 amide bonds. The summed E-state index contributed by atoms with van der Waals surface area (Å²) in [5, 5.41) is 0. The van der Waals surface area contributed by atoms with Crippen LogP contribution in [0.3, 0.4) is 0 Å². The Hall–Kier alpha value is -0.570. The summed E-state index contributed by atoms with van der Waals surface area (Å²) in [6.07, 6.45) is 10.6. The maximum absolute atomic E-state index is 12.3. The van der Waals surface area contributed by atoms with Gasteiger partial charge in [-0.2, -0.15) is 0 Å². The van der Waals surface area contributed by atoms with Gasteiger partial charge in [0, 0.05) is 32.7 Å². The van der Waals surface area contributed by atoms with E-state index >= 15 is 0 Å². The van der Waals surface area contributed by atoms with Crippen LogP contribution in [0.5, 0.6) is 0 Å². The van der Waals surface area contributed by atoms with Crippen molar-refractivity contribution in [2.24, 2.45) is 5.92 Å². The normalized spacial score (nSPS) is 24.1. The smallest absolute Gasteiger partial charge is 0.222 e. The topological polar surface area (TPSA) is 29.5 Å². The monoisotopic (exact) mass is 253 g/mol. The minimum absolute atomic E-state index is 0.392. The molecule has 104 valence electrons. The second-order valence-electron chi connectivity index (χ2n) is 5.76. The zero-order valence-corrected chi connectivity index (χ0v) is 11.5. The van der Waals surface area contributed by atoms with Crippen LogP contribution >= 0.6 is 0 Å². The second kappa shape index (κ2) is 7.78. The van der Waals surface area contributed by atoms with E-state index in [-0.39, 0.29) is 0 Å². The van der Waals surface area contributed by atoms with E-state index in [2.05, 4.69) is 4.90 Å². The highest BCUT2D eigenvalue weighted by Crippen LogP contribution is 2.20. The summed E-state index contributed by atoms with van der Waals surface area (Å²) in [4.78, 5) is 14.5. The Labute approximate surface area is 111 Å². The number of hydrogen-bond donors (Lipinski definition) is 0. The lowest BCUT2D eigenvalue weighted by Gasteiger charge is -2.26. The molecule has 0 N–H and O–H groups in total. The van der Waals surface area contributed by atoms with Crippen LogP contribution in [-0.4, -0.2) is 37.1 Å². The van der Waals surface area contributed by atoms with Gasteiger partial charge in [-0.05, 0) is 31.6 Å². The summed E-state index contributed by atoms with van der Waals surface area (Å²) in [7, 11) is 0. The Morgan fingerprint density at radius 3 is 2.11 bits per heavy atom. The van der Waals surface area contributed by atoms with Crippen molar-refractivity contribution in [1.82, 2.24) is 4.90 Å². The van der Waals surface area contributed by atoms with Gasteiger partial charge in [-0.15, -0.1) is 0 Å². The quantitative estimate of drug-likeness (QED) is 0.757. The first-order valence-electron chi connectivity index (χ1n) is 7.72. The van der Waals surface area contributed by atoms with Crippen LogP contribution in [0.1, 0.15) is 57.8 Å². The molecule has 2 aliphatic rings. The van der Waals surface area contributed by atoms with Crippen molar-refractivity contribution >= 4 is 5.91 Å². The summed E-state index contributed by atoms with van der Waals surface area (Å²) in [5.74, 6) is 0.961. The highest BCUT2D eigenvalue weighted by molar-refractivity contribution is 5.76. The van der Waals surface area contributed by atoms with Crippen LogP contribution in [0.4, 0.5) is 0 Å². The summed E-state index contributed by atoms with van der Waals surface area (Å²) < 4.78 is 5.35. The van der Waals surface area contributed by atoms with E-state index in [1.54, 1.807) is 0 Å². The number of nitrogens with zero attached hydrogens (tertiary/aromatic N) is 1. The first kappa shape index (κ1) is 13.9. The number of hydrogen-bond acceptors (Lipinski definition) is 2. The van der Waals surface area contributed by atoms with E-state index < -0.39 is 0 Å². The van der Waals surface area contributed by atoms with Crippen molar-refractivity contribution in [2.45, 2.75) is 57.8 Å². The number of ether oxygens (including phenoxy) is 1. The average molecular weight is 253 g/mol. The van der Waals surface area contributed by atoms with Crippen LogP contribution < -0.4 is 0 Å². The summed E-state index contributed by atoms with van der Waals surface area (Å²) >= 11 is 0. The second-order valence-corrected chi connectivity index (χ2v) is 5.76. The van der Waals surface area contributed by atoms with Crippen LogP contribution in [0, 0.1) is 5.92 Å². The molecule has 2 saturated heterocycles. The van der Waals surface area contributed by atoms with E-state index in [4.69, 9.17) is 4.74 Å². The lowest BCUT2D eigenvalue weighted by molar-refractivity contribution is -0.133. The van der Waals surface area contributed by atoms with Gasteiger partial charge < -0.3 is 9.64 Å². The molecule has 2 heterocycles. The fourth-order valence-electron chi connectivity index (χ4n) is 3.00. The third-order valence-corrected chi connectivity index (χ3v) is 4.26. The summed E-state index contributed by atoms with van der Waals surface area (Å²) in [6.45, 7) is 3.67. The highest BCUT2D eigenvalue weighted by Gasteiger charge is 2.21. The van der Waals surface area contributed by atoms with Crippen LogP contribution in [-0.2, 0) is 9.53 Å². The average Bonchev–Trinajstić information content (AvgIpc) is 2.53. The molecule has 0 aromatic carbocycles. The molecule has 2 aliphatic heterocycles. The number of rotatable bonds is 2. The van der Waals surface area contributed by atoms with E-state index in [1.165, 1.54) is 38.5 Å². The van der Waals surface area contributed by atoms with Gasteiger partial charge in [-0.3, -0.25) is 4.79 Å². The van der Waals surface area contributed by atoms with E-state index in [0.717, 1.165) is 45.6 Å². The van der Waals surface area contributed by atoms with Crippen molar-refractivity contribution in [3.8, 4) is 0 Å². The Morgan fingerprint density at radius 2 is 1.50 bits per heavy atom. The highest BCUT2D eigenvalue weighted by atomic mass is 16.5. The van der Waals surface area contributed by atoms with Gasteiger partial charge in [0.1, 0.15) is 0 Å². The number of carbonyl (C=O) groups excluding carboxylic acids is 1. The SMILES string of the molecule is O=C(CC1CCOCC1)N1CCCCCCCC1. The first-order chi connectivity index (χ1) is 8.86. The van der Waals surface area contributed by atoms with E-state index in [0.29, 0.717) is 11.8 Å². The van der Waals surface area contributed by atoms with Gasteiger partial charge in [0.2, 0.25) is 5.91 Å². The summed E-state index contributed by atoms with van der Waals surface area (Å²) in [5.41, 5.74) is 0. The fraction of sp³-hybridized carbons (Fsp3) is 0.933. The molecule has 0 aromatic rings. The van der Waals surface area contributed by atoms with Gasteiger partial charge in [0.25, 0.3) is 0 Å². The number of amides is 1. The van der Waals surface area contributed by atoms with Gasteiger partial charge in [-0.25, -0.2) is 0 Å². The van der Waals surface area contributed by atoms with Crippen LogP contribution in [0.25, 0.3) is 0 Å². The molecular weight excluding hydrogens is 226 g/mol. The van der Waals surface area contributed by atoms with Crippen molar-refractivity contribution in [1.29, 1.82) is 0 Å². The summed E-state index contributed by atoms with van der Waals surface area (Å²) in [6, 6.07) is 0. The molecule has 0 saturated carbocycles. The molecule has 3 nitrogen and oxygen atoms in total. The molecule has 0 spiro atoms. The predicted octanol–water partition coefficient (Wildman–Crippen LogP) is 2.99. The van der Waals surface area contributed by atoms with Gasteiger partial charge in [0.15, 0.2) is 0 Å². The molecule has 2 rings (SSSR count). The van der Waals surface area contributed by atoms with Crippen LogP contribution in [0.2, 0.25) is 0 Å². The van der Waals surface area contributed by atoms with Crippen molar-refractivity contribution in [3.63, 3.8) is 0 Å². The van der Waals surface area contributed by atoms with Crippen molar-refractivity contribution < 1.29 is 9.53 Å². The zero-order valence-electron chi connectivity index (χ0n) is 11.5. The predicted molar refractivity (Wildman–Crippen MR) is 72.4 cm³/mol. The molecule has 2 fully saturated rings. The maximum atomic E-state index is 12.3. The molecule has 0 unspecified atom stereocenters. The Balaban J connectivity index is 1.77. The molecule has 0 bridgehead atoms. The lowest BCUT2D eigenvalue weighted by Crippen LogP contribution is -2.34. The van der Waals surface area contributed by atoms with E-state index in [1.807, 2.05) is 0 Å². The van der Waals surface area contributed by atoms with Gasteiger partial charge >= 0.3 is 0 Å². The minimum atomic E-state index is 0.392. The fourth-order valence-corrected chi connectivity index (χ4v) is 3.00. The Bertz CT molecular complexity index is 239. The number of carbonyl (C=O) groups is 1. The largest absolute Gasteiger partial charge is 0.381 e. The maximum Gasteiger partial charge on any atom is 0.222 e. The van der Waals surface area contributed by atoms with E-state index in [9.17, 15) is 4.79 Å². The molecule has 3 heteroatoms. The standard InChI is InChI=1S/C15H27NO2/c17-15(13-14-7-11-18-12-8-14)16-9-5-3-1-2-4-6-10-16/h14H,1-13H2. The minimum Gasteiger partial charge on any atom is -0.381 e. The molecule has 0 aromatic heterocycles.